The van der Waals surface area contributed by atoms with Gasteiger partial charge in [-0.1, -0.05) is 25.5 Å². The van der Waals surface area contributed by atoms with Gasteiger partial charge in [-0.2, -0.15) is 0 Å². The van der Waals surface area contributed by atoms with Crippen LogP contribution in [0.25, 0.3) is 0 Å². The number of benzene rings is 1. The molecule has 1 unspecified atom stereocenters. The van der Waals surface area contributed by atoms with Crippen molar-refractivity contribution in [2.75, 3.05) is 26.2 Å². The Kier molecular flexibility index (Phi) is 6.34. The predicted octanol–water partition coefficient (Wildman–Crippen LogP) is 3.04. The molecule has 0 aliphatic carbocycles. The predicted molar refractivity (Wildman–Crippen MR) is 83.9 cm³/mol. The van der Waals surface area contributed by atoms with Gasteiger partial charge in [-0.15, -0.1) is 0 Å². The van der Waals surface area contributed by atoms with E-state index < -0.39 is 0 Å². The van der Waals surface area contributed by atoms with E-state index in [-0.39, 0.29) is 0 Å². The van der Waals surface area contributed by atoms with E-state index in [1.807, 2.05) is 24.3 Å². The lowest BCUT2D eigenvalue weighted by Gasteiger charge is -2.16. The van der Waals surface area contributed by atoms with Gasteiger partial charge in [-0.3, -0.25) is 0 Å². The summed E-state index contributed by atoms with van der Waals surface area (Å²) in [6.45, 7) is 7.37. The molecule has 1 aromatic rings. The summed E-state index contributed by atoms with van der Waals surface area (Å²) in [4.78, 5) is 2.58. The molecule has 3 nitrogen and oxygen atoms in total. The molecule has 0 amide bonds. The molecular weight excluding hydrogens is 248 g/mol. The average molecular weight is 276 g/mol. The van der Waals surface area contributed by atoms with Crippen molar-refractivity contribution < 1.29 is 4.74 Å². The molecule has 1 aliphatic heterocycles. The van der Waals surface area contributed by atoms with Crippen LogP contribution in [0.1, 0.15) is 38.2 Å². The third-order valence-corrected chi connectivity index (χ3v) is 4.09. The second kappa shape index (κ2) is 8.28. The van der Waals surface area contributed by atoms with E-state index >= 15 is 0 Å². The van der Waals surface area contributed by atoms with Crippen molar-refractivity contribution in [2.24, 2.45) is 11.7 Å². The maximum absolute atomic E-state index is 5.80. The summed E-state index contributed by atoms with van der Waals surface area (Å²) < 4.78 is 5.80. The summed E-state index contributed by atoms with van der Waals surface area (Å²) in [5.74, 6) is 1.88. The number of hydrogen-bond acceptors (Lipinski definition) is 3. The molecule has 0 spiro atoms. The van der Waals surface area contributed by atoms with E-state index in [1.54, 1.807) is 0 Å². The minimum absolute atomic E-state index is 0.573. The summed E-state index contributed by atoms with van der Waals surface area (Å²) >= 11 is 0. The molecule has 1 aliphatic rings. The van der Waals surface area contributed by atoms with Crippen molar-refractivity contribution in [2.45, 2.75) is 39.2 Å². The largest absolute Gasteiger partial charge is 0.494 e. The smallest absolute Gasteiger partial charge is 0.119 e. The Morgan fingerprint density at radius 1 is 1.40 bits per heavy atom. The highest BCUT2D eigenvalue weighted by molar-refractivity contribution is 5.28. The molecule has 1 heterocycles. The molecule has 0 saturated carbocycles. The van der Waals surface area contributed by atoms with Gasteiger partial charge in [-0.25, -0.2) is 0 Å². The lowest BCUT2D eigenvalue weighted by atomic mass is 10.0. The van der Waals surface area contributed by atoms with E-state index in [4.69, 9.17) is 10.5 Å². The summed E-state index contributed by atoms with van der Waals surface area (Å²) in [6, 6.07) is 8.08. The normalized spacial score (nSPS) is 19.4. The van der Waals surface area contributed by atoms with Crippen molar-refractivity contribution in [1.29, 1.82) is 0 Å². The van der Waals surface area contributed by atoms with Gasteiger partial charge >= 0.3 is 0 Å². The zero-order chi connectivity index (χ0) is 14.2. The SMILES string of the molecule is CCCC1CCN(CCCOc2cccc(CN)c2)C1. The molecule has 2 rings (SSSR count). The molecule has 1 aromatic carbocycles. The zero-order valence-corrected chi connectivity index (χ0v) is 12.7. The second-order valence-corrected chi connectivity index (χ2v) is 5.80. The Morgan fingerprint density at radius 3 is 3.10 bits per heavy atom. The number of likely N-dealkylation sites (tertiary alicyclic amines) is 1. The molecular formula is C17H28N2O. The monoisotopic (exact) mass is 276 g/mol. The van der Waals surface area contributed by atoms with Crippen LogP contribution in [-0.4, -0.2) is 31.1 Å². The first-order chi connectivity index (χ1) is 9.81. The van der Waals surface area contributed by atoms with Crippen molar-refractivity contribution >= 4 is 0 Å². The maximum Gasteiger partial charge on any atom is 0.119 e. The highest BCUT2D eigenvalue weighted by Crippen LogP contribution is 2.20. The number of nitrogens with zero attached hydrogens (tertiary/aromatic N) is 1. The standard InChI is InChI=1S/C17H28N2O/c1-2-5-15-8-10-19(14-15)9-4-11-20-17-7-3-6-16(12-17)13-18/h3,6-7,12,15H,2,4-5,8-11,13-14,18H2,1H3. The van der Waals surface area contributed by atoms with Crippen LogP contribution >= 0.6 is 0 Å². The Hall–Kier alpha value is -1.06. The zero-order valence-electron chi connectivity index (χ0n) is 12.7. The third-order valence-electron chi connectivity index (χ3n) is 4.09. The quantitative estimate of drug-likeness (QED) is 0.742. The first kappa shape index (κ1) is 15.3. The van der Waals surface area contributed by atoms with Crippen molar-refractivity contribution in [3.05, 3.63) is 29.8 Å². The minimum Gasteiger partial charge on any atom is -0.494 e. The Labute approximate surface area is 123 Å². The first-order valence-electron chi connectivity index (χ1n) is 7.96. The van der Waals surface area contributed by atoms with Crippen molar-refractivity contribution in [3.8, 4) is 5.75 Å². The van der Waals surface area contributed by atoms with Crippen LogP contribution < -0.4 is 10.5 Å². The van der Waals surface area contributed by atoms with Crippen LogP contribution in [-0.2, 0) is 6.54 Å². The topological polar surface area (TPSA) is 38.5 Å². The molecule has 0 bridgehead atoms. The fourth-order valence-electron chi connectivity index (χ4n) is 3.00. The number of ether oxygens (including phenoxy) is 1. The van der Waals surface area contributed by atoms with E-state index in [2.05, 4.69) is 11.8 Å². The Balaban J connectivity index is 1.62. The van der Waals surface area contributed by atoms with Gasteiger partial charge in [0.05, 0.1) is 6.61 Å². The molecule has 0 radical (unpaired) electrons. The molecule has 1 fully saturated rings. The number of nitrogens with two attached hydrogens (primary N) is 1. The van der Waals surface area contributed by atoms with Gasteiger partial charge in [0.1, 0.15) is 5.75 Å². The van der Waals surface area contributed by atoms with Gasteiger partial charge in [-0.05, 0) is 49.4 Å². The number of hydrogen-bond donors (Lipinski definition) is 1. The maximum atomic E-state index is 5.80. The Morgan fingerprint density at radius 2 is 2.30 bits per heavy atom. The van der Waals surface area contributed by atoms with Crippen LogP contribution in [0.4, 0.5) is 0 Å². The fourth-order valence-corrected chi connectivity index (χ4v) is 3.00. The molecule has 1 atom stereocenters. The van der Waals surface area contributed by atoms with Crippen LogP contribution in [0.5, 0.6) is 5.75 Å². The van der Waals surface area contributed by atoms with Gasteiger partial charge in [0.2, 0.25) is 0 Å². The molecule has 3 heteroatoms. The third kappa shape index (κ3) is 4.80. The van der Waals surface area contributed by atoms with Gasteiger partial charge in [0.15, 0.2) is 0 Å². The van der Waals surface area contributed by atoms with Crippen LogP contribution in [0.15, 0.2) is 24.3 Å². The number of rotatable bonds is 8. The summed E-state index contributed by atoms with van der Waals surface area (Å²) in [5, 5.41) is 0. The van der Waals surface area contributed by atoms with Crippen LogP contribution in [0, 0.1) is 5.92 Å². The summed E-state index contributed by atoms with van der Waals surface area (Å²) in [7, 11) is 0. The molecule has 20 heavy (non-hydrogen) atoms. The van der Waals surface area contributed by atoms with Crippen LogP contribution in [0.2, 0.25) is 0 Å². The average Bonchev–Trinajstić information content (AvgIpc) is 2.92. The molecule has 2 N–H and O–H groups in total. The van der Waals surface area contributed by atoms with Crippen molar-refractivity contribution in [3.63, 3.8) is 0 Å². The van der Waals surface area contributed by atoms with E-state index in [0.29, 0.717) is 6.54 Å². The summed E-state index contributed by atoms with van der Waals surface area (Å²) in [5.41, 5.74) is 6.76. The highest BCUT2D eigenvalue weighted by Gasteiger charge is 2.20. The molecule has 0 aromatic heterocycles. The van der Waals surface area contributed by atoms with E-state index in [9.17, 15) is 0 Å². The lowest BCUT2D eigenvalue weighted by Crippen LogP contribution is -2.23. The van der Waals surface area contributed by atoms with E-state index in [0.717, 1.165) is 36.8 Å². The van der Waals surface area contributed by atoms with Crippen LogP contribution in [0.3, 0.4) is 0 Å². The van der Waals surface area contributed by atoms with Gasteiger partial charge < -0.3 is 15.4 Å². The molecule has 112 valence electrons. The fraction of sp³-hybridized carbons (Fsp3) is 0.647. The lowest BCUT2D eigenvalue weighted by molar-refractivity contribution is 0.257. The summed E-state index contributed by atoms with van der Waals surface area (Å²) in [6.07, 6.45) is 5.19. The second-order valence-electron chi connectivity index (χ2n) is 5.80. The van der Waals surface area contributed by atoms with Gasteiger partial charge in [0, 0.05) is 19.6 Å². The van der Waals surface area contributed by atoms with Gasteiger partial charge in [0.25, 0.3) is 0 Å². The first-order valence-corrected chi connectivity index (χ1v) is 7.96. The molecule has 1 saturated heterocycles. The highest BCUT2D eigenvalue weighted by atomic mass is 16.5. The van der Waals surface area contributed by atoms with Crippen molar-refractivity contribution in [1.82, 2.24) is 4.90 Å². The Bertz CT molecular complexity index is 394. The minimum atomic E-state index is 0.573. The van der Waals surface area contributed by atoms with E-state index in [1.165, 1.54) is 32.4 Å².